The van der Waals surface area contributed by atoms with E-state index in [1.54, 1.807) is 7.11 Å². The van der Waals surface area contributed by atoms with E-state index in [0.29, 0.717) is 10.9 Å². The number of anilines is 1. The molecule has 3 rings (SSSR count). The Morgan fingerprint density at radius 3 is 2.64 bits per heavy atom. The monoisotopic (exact) mass is 370 g/mol. The van der Waals surface area contributed by atoms with Crippen LogP contribution in [0, 0.1) is 0 Å². The molecule has 1 heterocycles. The van der Waals surface area contributed by atoms with Crippen LogP contribution in [0.15, 0.2) is 65.7 Å². The molecule has 25 heavy (non-hydrogen) atoms. The first kappa shape index (κ1) is 17.5. The summed E-state index contributed by atoms with van der Waals surface area (Å²) >= 11 is 3.00. The minimum absolute atomic E-state index is 0.0542. The van der Waals surface area contributed by atoms with Crippen LogP contribution in [0.1, 0.15) is 10.4 Å². The fraction of sp³-hybridized carbons (Fsp3) is 0.158. The molecule has 0 aliphatic heterocycles. The van der Waals surface area contributed by atoms with Crippen molar-refractivity contribution in [3.63, 3.8) is 0 Å². The van der Waals surface area contributed by atoms with Crippen molar-refractivity contribution in [2.45, 2.75) is 11.3 Å². The van der Waals surface area contributed by atoms with Crippen LogP contribution in [-0.4, -0.2) is 23.8 Å². The molecule has 128 valence electrons. The maximum absolute atomic E-state index is 12.1. The maximum Gasteiger partial charge on any atom is 0.236 e. The minimum atomic E-state index is -0.0542. The maximum atomic E-state index is 12.1. The second-order valence-corrected chi connectivity index (χ2v) is 7.47. The van der Waals surface area contributed by atoms with E-state index in [0.717, 1.165) is 21.9 Å². The quantitative estimate of drug-likeness (QED) is 0.623. The van der Waals surface area contributed by atoms with E-state index >= 15 is 0 Å². The number of carbonyl (C=O) groups excluding carboxylic acids is 1. The third kappa shape index (κ3) is 5.34. The van der Waals surface area contributed by atoms with Crippen molar-refractivity contribution in [3.8, 4) is 5.75 Å². The van der Waals surface area contributed by atoms with Crippen molar-refractivity contribution in [2.75, 3.05) is 18.2 Å². The third-order valence-corrected chi connectivity index (χ3v) is 5.38. The van der Waals surface area contributed by atoms with Crippen molar-refractivity contribution >= 4 is 34.1 Å². The first-order chi connectivity index (χ1) is 12.2. The number of thioether (sulfide) groups is 1. The van der Waals surface area contributed by atoms with Gasteiger partial charge in [0.2, 0.25) is 5.91 Å². The molecule has 4 nitrogen and oxygen atoms in total. The van der Waals surface area contributed by atoms with Crippen molar-refractivity contribution in [1.29, 1.82) is 0 Å². The molecule has 0 unspecified atom stereocenters. The van der Waals surface area contributed by atoms with E-state index in [4.69, 9.17) is 4.74 Å². The Morgan fingerprint density at radius 2 is 1.92 bits per heavy atom. The fourth-order valence-corrected chi connectivity index (χ4v) is 3.78. The SMILES string of the molecule is COc1ccc(SCC(=O)Nc2ncc(Cc3ccccc3)s2)cc1. The normalized spacial score (nSPS) is 10.4. The summed E-state index contributed by atoms with van der Waals surface area (Å²) in [6, 6.07) is 17.9. The predicted octanol–water partition coefficient (Wildman–Crippen LogP) is 4.47. The van der Waals surface area contributed by atoms with Gasteiger partial charge in [-0.2, -0.15) is 0 Å². The van der Waals surface area contributed by atoms with Crippen molar-refractivity contribution in [2.24, 2.45) is 0 Å². The molecule has 0 atom stereocenters. The van der Waals surface area contributed by atoms with Crippen LogP contribution in [0.3, 0.4) is 0 Å². The zero-order valence-electron chi connectivity index (χ0n) is 13.8. The lowest BCUT2D eigenvalue weighted by molar-refractivity contribution is -0.113. The van der Waals surface area contributed by atoms with Gasteiger partial charge >= 0.3 is 0 Å². The summed E-state index contributed by atoms with van der Waals surface area (Å²) < 4.78 is 5.12. The number of benzene rings is 2. The summed E-state index contributed by atoms with van der Waals surface area (Å²) in [5, 5.41) is 3.51. The third-order valence-electron chi connectivity index (χ3n) is 3.45. The Balaban J connectivity index is 1.49. The molecule has 1 aromatic heterocycles. The van der Waals surface area contributed by atoms with Crippen LogP contribution in [0.5, 0.6) is 5.75 Å². The first-order valence-corrected chi connectivity index (χ1v) is 9.58. The zero-order valence-corrected chi connectivity index (χ0v) is 15.4. The highest BCUT2D eigenvalue weighted by molar-refractivity contribution is 8.00. The average Bonchev–Trinajstić information content (AvgIpc) is 3.08. The van der Waals surface area contributed by atoms with E-state index in [-0.39, 0.29) is 5.91 Å². The number of thiazole rings is 1. The van der Waals surface area contributed by atoms with Crippen LogP contribution in [0.4, 0.5) is 5.13 Å². The molecule has 0 bridgehead atoms. The molecule has 0 aliphatic rings. The van der Waals surface area contributed by atoms with Crippen LogP contribution < -0.4 is 10.1 Å². The molecule has 6 heteroatoms. The molecule has 0 radical (unpaired) electrons. The van der Waals surface area contributed by atoms with Crippen LogP contribution in [0.25, 0.3) is 0 Å². The number of hydrogen-bond donors (Lipinski definition) is 1. The van der Waals surface area contributed by atoms with E-state index in [1.807, 2.05) is 48.7 Å². The minimum Gasteiger partial charge on any atom is -0.497 e. The van der Waals surface area contributed by atoms with Gasteiger partial charge in [0.15, 0.2) is 5.13 Å². The lowest BCUT2D eigenvalue weighted by atomic mass is 10.1. The van der Waals surface area contributed by atoms with Gasteiger partial charge in [-0.3, -0.25) is 4.79 Å². The Labute approximate surface area is 155 Å². The molecular weight excluding hydrogens is 352 g/mol. The molecule has 0 aliphatic carbocycles. The molecular formula is C19H18N2O2S2. The lowest BCUT2D eigenvalue weighted by Crippen LogP contribution is -2.13. The second kappa shape index (κ2) is 8.69. The smallest absolute Gasteiger partial charge is 0.236 e. The number of rotatable bonds is 7. The van der Waals surface area contributed by atoms with Gasteiger partial charge in [0.25, 0.3) is 0 Å². The highest BCUT2D eigenvalue weighted by atomic mass is 32.2. The van der Waals surface area contributed by atoms with Gasteiger partial charge in [-0.15, -0.1) is 23.1 Å². The summed E-state index contributed by atoms with van der Waals surface area (Å²) in [5.41, 5.74) is 1.24. The highest BCUT2D eigenvalue weighted by Crippen LogP contribution is 2.23. The summed E-state index contributed by atoms with van der Waals surface area (Å²) in [7, 11) is 1.63. The largest absolute Gasteiger partial charge is 0.497 e. The standard InChI is InChI=1S/C19H18N2O2S2/c1-23-15-7-9-16(10-8-15)24-13-18(22)21-19-20-12-17(25-19)11-14-5-3-2-4-6-14/h2-10,12H,11,13H2,1H3,(H,20,21,22). The Kier molecular flexibility index (Phi) is 6.09. The number of ether oxygens (including phenoxy) is 1. The van der Waals surface area contributed by atoms with Crippen molar-refractivity contribution in [1.82, 2.24) is 4.98 Å². The van der Waals surface area contributed by atoms with Gasteiger partial charge in [-0.05, 0) is 29.8 Å². The van der Waals surface area contributed by atoms with Crippen LogP contribution in [0.2, 0.25) is 0 Å². The molecule has 0 saturated heterocycles. The topological polar surface area (TPSA) is 51.2 Å². The Bertz CT molecular complexity index is 817. The molecule has 0 spiro atoms. The van der Waals surface area contributed by atoms with Gasteiger partial charge in [-0.25, -0.2) is 4.98 Å². The molecule has 1 amide bonds. The summed E-state index contributed by atoms with van der Waals surface area (Å²) in [6.07, 6.45) is 2.65. The van der Waals surface area contributed by atoms with E-state index in [2.05, 4.69) is 22.4 Å². The first-order valence-electron chi connectivity index (χ1n) is 7.78. The van der Waals surface area contributed by atoms with Gasteiger partial charge in [0.1, 0.15) is 5.75 Å². The lowest BCUT2D eigenvalue weighted by Gasteiger charge is -2.03. The molecule has 3 aromatic rings. The number of aromatic nitrogens is 1. The number of hydrogen-bond acceptors (Lipinski definition) is 5. The van der Waals surface area contributed by atoms with Gasteiger partial charge in [0.05, 0.1) is 12.9 Å². The Hall–Kier alpha value is -2.31. The highest BCUT2D eigenvalue weighted by Gasteiger charge is 2.08. The second-order valence-electron chi connectivity index (χ2n) is 5.31. The summed E-state index contributed by atoms with van der Waals surface area (Å²) in [4.78, 5) is 18.5. The number of carbonyl (C=O) groups is 1. The predicted molar refractivity (Wildman–Crippen MR) is 104 cm³/mol. The number of nitrogens with zero attached hydrogens (tertiary/aromatic N) is 1. The molecule has 1 N–H and O–H groups in total. The van der Waals surface area contributed by atoms with E-state index < -0.39 is 0 Å². The molecule has 0 fully saturated rings. The Morgan fingerprint density at radius 1 is 1.16 bits per heavy atom. The van der Waals surface area contributed by atoms with Gasteiger partial charge in [0, 0.05) is 22.4 Å². The van der Waals surface area contributed by atoms with Crippen LogP contribution >= 0.6 is 23.1 Å². The number of nitrogens with one attached hydrogen (secondary N) is 1. The summed E-state index contributed by atoms with van der Waals surface area (Å²) in [5.74, 6) is 1.10. The zero-order chi connectivity index (χ0) is 17.5. The van der Waals surface area contributed by atoms with Crippen LogP contribution in [-0.2, 0) is 11.2 Å². The molecule has 0 saturated carbocycles. The van der Waals surface area contributed by atoms with Gasteiger partial charge < -0.3 is 10.1 Å². The number of methoxy groups -OCH3 is 1. The number of amides is 1. The van der Waals surface area contributed by atoms with Crippen molar-refractivity contribution in [3.05, 3.63) is 71.2 Å². The van der Waals surface area contributed by atoms with E-state index in [1.165, 1.54) is 28.7 Å². The fourth-order valence-electron chi connectivity index (χ4n) is 2.22. The average molecular weight is 370 g/mol. The molecule has 2 aromatic carbocycles. The summed E-state index contributed by atoms with van der Waals surface area (Å²) in [6.45, 7) is 0. The van der Waals surface area contributed by atoms with E-state index in [9.17, 15) is 4.79 Å². The van der Waals surface area contributed by atoms with Crippen molar-refractivity contribution < 1.29 is 9.53 Å². The van der Waals surface area contributed by atoms with Gasteiger partial charge in [-0.1, -0.05) is 30.3 Å².